The highest BCUT2D eigenvalue weighted by Gasteiger charge is 2.09. The topological polar surface area (TPSA) is 30.7 Å². The van der Waals surface area contributed by atoms with E-state index in [9.17, 15) is 4.39 Å². The van der Waals surface area contributed by atoms with Gasteiger partial charge in [0.2, 0.25) is 0 Å². The van der Waals surface area contributed by atoms with Gasteiger partial charge in [0.15, 0.2) is 0 Å². The van der Waals surface area contributed by atoms with Gasteiger partial charge in [-0.1, -0.05) is 22.0 Å². The van der Waals surface area contributed by atoms with Crippen LogP contribution in [0.15, 0.2) is 30.6 Å². The summed E-state index contributed by atoms with van der Waals surface area (Å²) in [7, 11) is 0. The smallest absolute Gasteiger partial charge is 0.129 e. The van der Waals surface area contributed by atoms with E-state index in [0.29, 0.717) is 16.6 Å². The quantitative estimate of drug-likeness (QED) is 0.772. The van der Waals surface area contributed by atoms with E-state index in [2.05, 4.69) is 26.1 Å². The minimum atomic E-state index is -0.253. The van der Waals surface area contributed by atoms with E-state index in [4.69, 9.17) is 0 Å². The Morgan fingerprint density at radius 3 is 2.64 bits per heavy atom. The van der Waals surface area contributed by atoms with Crippen molar-refractivity contribution >= 4 is 15.9 Å². The molecule has 0 saturated carbocycles. The molecule has 0 N–H and O–H groups in total. The maximum absolute atomic E-state index is 13.3. The van der Waals surface area contributed by atoms with Gasteiger partial charge in [0.05, 0.1) is 18.1 Å². The number of alkyl halides is 1. The third kappa shape index (κ3) is 1.55. The molecule has 0 fully saturated rings. The predicted molar refractivity (Wildman–Crippen MR) is 53.9 cm³/mol. The molecule has 0 spiro atoms. The summed E-state index contributed by atoms with van der Waals surface area (Å²) >= 11 is 3.24. The Morgan fingerprint density at radius 1 is 1.29 bits per heavy atom. The van der Waals surface area contributed by atoms with Crippen LogP contribution in [0.2, 0.25) is 0 Å². The first kappa shape index (κ1) is 9.33. The number of nitrogens with zero attached hydrogens (tertiary/aromatic N) is 3. The highest BCUT2D eigenvalue weighted by Crippen LogP contribution is 2.18. The molecule has 0 bridgehead atoms. The van der Waals surface area contributed by atoms with Gasteiger partial charge in [-0.3, -0.25) is 0 Å². The van der Waals surface area contributed by atoms with Crippen molar-refractivity contribution in [3.05, 3.63) is 42.0 Å². The Kier molecular flexibility index (Phi) is 2.58. The van der Waals surface area contributed by atoms with Crippen molar-refractivity contribution in [1.82, 2.24) is 15.0 Å². The van der Waals surface area contributed by atoms with Gasteiger partial charge in [-0.15, -0.1) is 0 Å². The standard InChI is InChI=1S/C9H7BrFN3/c10-6-7-8(11)2-1-3-9(7)14-12-4-5-13-14/h1-5H,6H2. The summed E-state index contributed by atoms with van der Waals surface area (Å²) in [4.78, 5) is 1.40. The fraction of sp³-hybridized carbons (Fsp3) is 0.111. The molecule has 0 unspecified atom stereocenters. The second-order valence-electron chi connectivity index (χ2n) is 2.69. The second kappa shape index (κ2) is 3.88. The van der Waals surface area contributed by atoms with Crippen LogP contribution in [0.3, 0.4) is 0 Å². The third-order valence-corrected chi connectivity index (χ3v) is 2.42. The highest BCUT2D eigenvalue weighted by atomic mass is 79.9. The van der Waals surface area contributed by atoms with Gasteiger partial charge in [-0.05, 0) is 12.1 Å². The van der Waals surface area contributed by atoms with Gasteiger partial charge in [0.1, 0.15) is 5.82 Å². The van der Waals surface area contributed by atoms with Crippen molar-refractivity contribution in [3.8, 4) is 5.69 Å². The first-order valence-corrected chi connectivity index (χ1v) is 5.15. The van der Waals surface area contributed by atoms with Crippen molar-refractivity contribution < 1.29 is 4.39 Å². The summed E-state index contributed by atoms with van der Waals surface area (Å²) in [6.07, 6.45) is 3.12. The average molecular weight is 256 g/mol. The predicted octanol–water partition coefficient (Wildman–Crippen LogP) is 2.30. The zero-order chi connectivity index (χ0) is 9.97. The minimum absolute atomic E-state index is 0.253. The Hall–Kier alpha value is -1.23. The molecule has 1 aromatic carbocycles. The van der Waals surface area contributed by atoms with E-state index >= 15 is 0 Å². The number of aromatic nitrogens is 3. The third-order valence-electron chi connectivity index (χ3n) is 1.86. The van der Waals surface area contributed by atoms with Crippen LogP contribution in [0.5, 0.6) is 0 Å². The first-order valence-electron chi connectivity index (χ1n) is 4.03. The van der Waals surface area contributed by atoms with E-state index in [1.165, 1.54) is 10.9 Å². The van der Waals surface area contributed by atoms with Crippen molar-refractivity contribution in [2.24, 2.45) is 0 Å². The molecule has 0 aliphatic heterocycles. The van der Waals surface area contributed by atoms with Crippen LogP contribution in [0, 0.1) is 5.82 Å². The molecule has 5 heteroatoms. The Bertz CT molecular complexity index is 428. The normalized spacial score (nSPS) is 10.4. The monoisotopic (exact) mass is 255 g/mol. The van der Waals surface area contributed by atoms with Crippen molar-refractivity contribution in [2.45, 2.75) is 5.33 Å². The van der Waals surface area contributed by atoms with Gasteiger partial charge in [-0.2, -0.15) is 15.0 Å². The molecule has 1 heterocycles. The number of rotatable bonds is 2. The molecule has 0 aliphatic rings. The van der Waals surface area contributed by atoms with Gasteiger partial charge in [0.25, 0.3) is 0 Å². The van der Waals surface area contributed by atoms with E-state index < -0.39 is 0 Å². The van der Waals surface area contributed by atoms with Crippen LogP contribution in [0.25, 0.3) is 5.69 Å². The number of hydrogen-bond acceptors (Lipinski definition) is 2. The highest BCUT2D eigenvalue weighted by molar-refractivity contribution is 9.08. The van der Waals surface area contributed by atoms with Gasteiger partial charge in [-0.25, -0.2) is 4.39 Å². The fourth-order valence-electron chi connectivity index (χ4n) is 1.21. The summed E-state index contributed by atoms with van der Waals surface area (Å²) in [5.41, 5.74) is 1.22. The molecule has 0 saturated heterocycles. The van der Waals surface area contributed by atoms with Crippen LogP contribution in [-0.2, 0) is 5.33 Å². The molecule has 0 aliphatic carbocycles. The largest absolute Gasteiger partial charge is 0.207 e. The van der Waals surface area contributed by atoms with Gasteiger partial charge in [0, 0.05) is 10.9 Å². The molecule has 2 aromatic rings. The maximum Gasteiger partial charge on any atom is 0.129 e. The van der Waals surface area contributed by atoms with Crippen LogP contribution in [0.4, 0.5) is 4.39 Å². The molecule has 0 amide bonds. The SMILES string of the molecule is Fc1cccc(-n2nccn2)c1CBr. The summed E-state index contributed by atoms with van der Waals surface area (Å²) in [5, 5.41) is 8.35. The maximum atomic E-state index is 13.3. The lowest BCUT2D eigenvalue weighted by Gasteiger charge is -2.06. The molecule has 72 valence electrons. The van der Waals surface area contributed by atoms with E-state index in [1.54, 1.807) is 24.5 Å². The van der Waals surface area contributed by atoms with Gasteiger partial charge >= 0.3 is 0 Å². The summed E-state index contributed by atoms with van der Waals surface area (Å²) in [6, 6.07) is 4.84. The van der Waals surface area contributed by atoms with E-state index in [0.717, 1.165) is 0 Å². The molecule has 0 atom stereocenters. The lowest BCUT2D eigenvalue weighted by Crippen LogP contribution is -2.03. The van der Waals surface area contributed by atoms with E-state index in [1.807, 2.05) is 0 Å². The van der Waals surface area contributed by atoms with Gasteiger partial charge < -0.3 is 0 Å². The van der Waals surface area contributed by atoms with E-state index in [-0.39, 0.29) is 5.82 Å². The second-order valence-corrected chi connectivity index (χ2v) is 3.25. The fourth-order valence-corrected chi connectivity index (χ4v) is 1.76. The summed E-state index contributed by atoms with van der Waals surface area (Å²) in [6.45, 7) is 0. The molecule has 1 aromatic heterocycles. The average Bonchev–Trinajstić information content (AvgIpc) is 2.70. The van der Waals surface area contributed by atoms with Crippen molar-refractivity contribution in [1.29, 1.82) is 0 Å². The lowest BCUT2D eigenvalue weighted by atomic mass is 10.2. The van der Waals surface area contributed by atoms with Crippen molar-refractivity contribution in [2.75, 3.05) is 0 Å². The Balaban J connectivity index is 2.58. The number of hydrogen-bond donors (Lipinski definition) is 0. The number of halogens is 2. The Morgan fingerprint density at radius 2 is 2.00 bits per heavy atom. The minimum Gasteiger partial charge on any atom is -0.207 e. The van der Waals surface area contributed by atoms with Crippen LogP contribution in [0.1, 0.15) is 5.56 Å². The first-order chi connectivity index (χ1) is 6.83. The molecular weight excluding hydrogens is 249 g/mol. The molecule has 0 radical (unpaired) electrons. The molecule has 3 nitrogen and oxygen atoms in total. The molecular formula is C9H7BrFN3. The number of benzene rings is 1. The summed E-state index contributed by atoms with van der Waals surface area (Å²) < 4.78 is 13.3. The van der Waals surface area contributed by atoms with Crippen LogP contribution < -0.4 is 0 Å². The van der Waals surface area contributed by atoms with Crippen LogP contribution in [-0.4, -0.2) is 15.0 Å². The zero-order valence-corrected chi connectivity index (χ0v) is 8.78. The Labute approximate surface area is 88.7 Å². The molecule has 14 heavy (non-hydrogen) atoms. The lowest BCUT2D eigenvalue weighted by molar-refractivity contribution is 0.611. The van der Waals surface area contributed by atoms with Crippen molar-refractivity contribution in [3.63, 3.8) is 0 Å². The summed E-state index contributed by atoms with van der Waals surface area (Å²) in [5.74, 6) is -0.253. The zero-order valence-electron chi connectivity index (χ0n) is 7.19. The molecule has 2 rings (SSSR count). The van der Waals surface area contributed by atoms with Crippen LogP contribution >= 0.6 is 15.9 Å².